The molecule has 2 aliphatic rings. The fraction of sp³-hybridized carbons (Fsp3) is 0.640. The Morgan fingerprint density at radius 1 is 0.566 bits per heavy atom. The van der Waals surface area contributed by atoms with Gasteiger partial charge in [0.2, 0.25) is 70.9 Å². The molecule has 17 N–H and O–H groups in total. The first-order chi connectivity index (χ1) is 36.0. The van der Waals surface area contributed by atoms with Gasteiger partial charge in [-0.3, -0.25) is 57.5 Å². The van der Waals surface area contributed by atoms with Crippen molar-refractivity contribution in [2.24, 2.45) is 28.9 Å². The third kappa shape index (κ3) is 22.6. The van der Waals surface area contributed by atoms with Crippen molar-refractivity contribution in [1.29, 1.82) is 0 Å². The van der Waals surface area contributed by atoms with Gasteiger partial charge >= 0.3 is 0 Å². The summed E-state index contributed by atoms with van der Waals surface area (Å²) in [5, 5.41) is 37.3. The first kappa shape index (κ1) is 62.9. The minimum Gasteiger partial charge on any atom is -0.508 e. The molecule has 2 heterocycles. The average molecular weight is 1070 g/mol. The number of phenols is 1. The number of nitrogens with zero attached hydrogens (tertiary/aromatic N) is 1. The van der Waals surface area contributed by atoms with Gasteiger partial charge in [0.05, 0.1) is 25.9 Å². The Morgan fingerprint density at radius 3 is 1.55 bits per heavy atom. The van der Waals surface area contributed by atoms with Crippen molar-refractivity contribution < 1.29 is 67.7 Å². The summed E-state index contributed by atoms with van der Waals surface area (Å²) in [5.41, 5.74) is 22.2. The van der Waals surface area contributed by atoms with E-state index < -0.39 is 164 Å². The highest BCUT2D eigenvalue weighted by Gasteiger charge is 2.41. The number of carbonyl (C=O) groups excluding carboxylic acids is 12. The number of nitrogens with two attached hydrogens (primary N) is 4. The van der Waals surface area contributed by atoms with Crippen LogP contribution in [0.3, 0.4) is 0 Å². The van der Waals surface area contributed by atoms with E-state index in [-0.39, 0.29) is 38.0 Å². The second-order valence-electron chi connectivity index (χ2n) is 19.9. The number of aliphatic hydroxyl groups is 1. The highest BCUT2D eigenvalue weighted by Crippen LogP contribution is 2.21. The molecule has 2 saturated heterocycles. The molecule has 422 valence electrons. The number of hydrogen-bond donors (Lipinski definition) is 13. The predicted octanol–water partition coefficient (Wildman–Crippen LogP) is -2.84. The van der Waals surface area contributed by atoms with E-state index in [1.54, 1.807) is 0 Å². The van der Waals surface area contributed by atoms with E-state index in [1.165, 1.54) is 24.3 Å². The van der Waals surface area contributed by atoms with Crippen LogP contribution in [0.5, 0.6) is 5.75 Å². The summed E-state index contributed by atoms with van der Waals surface area (Å²) < 4.78 is 0. The first-order valence-electron chi connectivity index (χ1n) is 25.9. The van der Waals surface area contributed by atoms with E-state index in [0.29, 0.717) is 24.3 Å². The number of carbonyl (C=O) groups is 12. The SMILES string of the molecule is CC(C)CCCCCCCCCCC1CC(=O)NC(CC(N)=O)C(=O)N[C@H](Cc2ccc(O)cc2)C(=O)NC(CC(N)=O)C(=O)NC(CCC(N)=O)C(=O)N2CCC[C@H]2C(=O)NC(CC(N)=O)C(=O)N[C@@H](CO)C(=O)N1. The highest BCUT2D eigenvalue weighted by atomic mass is 16.3. The van der Waals surface area contributed by atoms with Crippen molar-refractivity contribution in [1.82, 2.24) is 42.1 Å². The van der Waals surface area contributed by atoms with Crippen molar-refractivity contribution in [2.45, 2.75) is 184 Å². The highest BCUT2D eigenvalue weighted by molar-refractivity contribution is 6.00. The Labute approximate surface area is 441 Å². The largest absolute Gasteiger partial charge is 0.508 e. The number of nitrogens with one attached hydrogen (secondary N) is 7. The van der Waals surface area contributed by atoms with Gasteiger partial charge in [-0.15, -0.1) is 0 Å². The number of aliphatic hydroxyl groups excluding tert-OH is 1. The number of fused-ring (bicyclic) bond motifs is 1. The van der Waals surface area contributed by atoms with E-state index in [0.717, 1.165) is 49.8 Å². The molecule has 0 radical (unpaired) electrons. The molecule has 12 amide bonds. The van der Waals surface area contributed by atoms with E-state index in [9.17, 15) is 67.7 Å². The lowest BCUT2D eigenvalue weighted by Crippen LogP contribution is -2.60. The third-order valence-corrected chi connectivity index (χ3v) is 13.0. The molecule has 2 aliphatic heterocycles. The van der Waals surface area contributed by atoms with Crippen LogP contribution in [-0.4, -0.2) is 147 Å². The van der Waals surface area contributed by atoms with Crippen molar-refractivity contribution in [3.8, 4) is 5.75 Å². The standard InChI is InChI=1S/C50H78N12O14/c1-28(2)12-9-7-5-3-4-6-8-10-13-30-23-43(69)56-34(24-40(52)66)45(71)58-33(22-29-15-17-31(64)18-16-29)44(70)59-35(25-41(53)67)46(72)57-32(19-20-39(51)65)50(76)62-21-11-14-38(62)49(75)60-36(26-42(54)68)47(73)61-37(27-63)48(74)55-30/h15-18,28,30,32-38,63-64H,3-14,19-27H2,1-2H3,(H2,51,65)(H2,52,66)(H2,53,67)(H2,54,68)(H,55,74)(H,56,69)(H,57,72)(H,58,71)(H,59,70)(H,60,75)(H,61,73)/t30?,32?,33-,34?,35?,36?,37+,38+/m1/s1. The number of benzene rings is 1. The molecule has 0 bridgehead atoms. The van der Waals surface area contributed by atoms with E-state index >= 15 is 0 Å². The fourth-order valence-corrected chi connectivity index (χ4v) is 8.91. The summed E-state index contributed by atoms with van der Waals surface area (Å²) in [4.78, 5) is 162. The molecule has 0 aromatic heterocycles. The van der Waals surface area contributed by atoms with Gasteiger partial charge in [0.1, 0.15) is 48.0 Å². The summed E-state index contributed by atoms with van der Waals surface area (Å²) in [6.07, 6.45) is 4.63. The van der Waals surface area contributed by atoms with Gasteiger partial charge in [0.25, 0.3) is 0 Å². The number of phenolic OH excluding ortho intramolecular Hbond substituents is 1. The maximum atomic E-state index is 14.3. The molecular formula is C50H78N12O14. The van der Waals surface area contributed by atoms with Crippen molar-refractivity contribution in [3.05, 3.63) is 29.8 Å². The van der Waals surface area contributed by atoms with Gasteiger partial charge in [-0.2, -0.15) is 0 Å². The van der Waals surface area contributed by atoms with Crippen LogP contribution in [0.15, 0.2) is 24.3 Å². The molecule has 26 nitrogen and oxygen atoms in total. The smallest absolute Gasteiger partial charge is 0.245 e. The number of rotatable bonds is 23. The predicted molar refractivity (Wildman–Crippen MR) is 273 cm³/mol. The van der Waals surface area contributed by atoms with Gasteiger partial charge in [0.15, 0.2) is 0 Å². The monoisotopic (exact) mass is 1070 g/mol. The van der Waals surface area contributed by atoms with E-state index in [2.05, 4.69) is 51.1 Å². The molecule has 5 unspecified atom stereocenters. The summed E-state index contributed by atoms with van der Waals surface area (Å²) in [6.45, 7) is 3.27. The minimum atomic E-state index is -1.86. The minimum absolute atomic E-state index is 0.00282. The Kier molecular flexibility index (Phi) is 26.6. The number of unbranched alkanes of at least 4 members (excludes halogenated alkanes) is 7. The Morgan fingerprint density at radius 2 is 1.03 bits per heavy atom. The molecular weight excluding hydrogens is 993 g/mol. The van der Waals surface area contributed by atoms with Gasteiger partial charge in [0, 0.05) is 31.8 Å². The van der Waals surface area contributed by atoms with Gasteiger partial charge in [-0.1, -0.05) is 83.8 Å². The van der Waals surface area contributed by atoms with Crippen molar-refractivity contribution >= 4 is 70.9 Å². The van der Waals surface area contributed by atoms with Crippen LogP contribution in [0.4, 0.5) is 0 Å². The number of hydrogen-bond acceptors (Lipinski definition) is 14. The molecule has 0 saturated carbocycles. The van der Waals surface area contributed by atoms with E-state index in [4.69, 9.17) is 22.9 Å². The quantitative estimate of drug-likeness (QED) is 0.0492. The van der Waals surface area contributed by atoms with Crippen LogP contribution in [-0.2, 0) is 64.0 Å². The maximum absolute atomic E-state index is 14.3. The molecule has 76 heavy (non-hydrogen) atoms. The fourth-order valence-electron chi connectivity index (χ4n) is 8.91. The Balaban J connectivity index is 2.10. The topological polar surface area (TPSA) is 437 Å². The summed E-state index contributed by atoms with van der Waals surface area (Å²) in [5.74, 6) is -12.0. The zero-order valence-corrected chi connectivity index (χ0v) is 43.4. The van der Waals surface area contributed by atoms with Crippen LogP contribution in [0.2, 0.25) is 0 Å². The number of amides is 12. The second-order valence-corrected chi connectivity index (χ2v) is 19.9. The zero-order valence-electron chi connectivity index (χ0n) is 43.4. The molecule has 8 atom stereocenters. The van der Waals surface area contributed by atoms with E-state index in [1.807, 2.05) is 0 Å². The lowest BCUT2D eigenvalue weighted by Gasteiger charge is -2.31. The van der Waals surface area contributed by atoms with Crippen LogP contribution in [0, 0.1) is 5.92 Å². The van der Waals surface area contributed by atoms with Crippen molar-refractivity contribution in [3.63, 3.8) is 0 Å². The van der Waals surface area contributed by atoms with Crippen molar-refractivity contribution in [2.75, 3.05) is 13.2 Å². The van der Waals surface area contributed by atoms with Gasteiger partial charge < -0.3 is 75.3 Å². The molecule has 2 fully saturated rings. The number of aromatic hydroxyl groups is 1. The summed E-state index contributed by atoms with van der Waals surface area (Å²) in [6, 6.07) is -7.35. The number of primary amides is 4. The lowest BCUT2D eigenvalue weighted by atomic mass is 10.0. The molecule has 26 heteroatoms. The second kappa shape index (κ2) is 32.1. The van der Waals surface area contributed by atoms with Crippen LogP contribution < -0.4 is 60.2 Å². The van der Waals surface area contributed by atoms with Crippen LogP contribution >= 0.6 is 0 Å². The molecule has 3 rings (SSSR count). The molecule has 0 aliphatic carbocycles. The van der Waals surface area contributed by atoms with Gasteiger partial charge in [-0.25, -0.2) is 0 Å². The zero-order chi connectivity index (χ0) is 56.5. The molecule has 1 aromatic rings. The molecule has 0 spiro atoms. The summed E-state index contributed by atoms with van der Waals surface area (Å²) in [7, 11) is 0. The van der Waals surface area contributed by atoms with Crippen LogP contribution in [0.1, 0.15) is 135 Å². The first-order valence-corrected chi connectivity index (χ1v) is 25.9. The summed E-state index contributed by atoms with van der Waals surface area (Å²) >= 11 is 0. The third-order valence-electron chi connectivity index (χ3n) is 13.0. The van der Waals surface area contributed by atoms with Gasteiger partial charge in [-0.05, 0) is 49.3 Å². The maximum Gasteiger partial charge on any atom is 0.245 e. The molecule has 1 aromatic carbocycles. The Hall–Kier alpha value is -7.38. The average Bonchev–Trinajstić information content (AvgIpc) is 3.84. The van der Waals surface area contributed by atoms with Crippen LogP contribution in [0.25, 0.3) is 0 Å². The normalized spacial score (nSPS) is 23.8. The Bertz CT molecular complexity index is 2210. The lowest BCUT2D eigenvalue weighted by molar-refractivity contribution is -0.143.